The largest absolute Gasteiger partial charge is 0.382 e. The minimum absolute atomic E-state index is 0. The highest BCUT2D eigenvalue weighted by Crippen LogP contribution is 2.04. The van der Waals surface area contributed by atoms with E-state index in [0.717, 1.165) is 12.8 Å². The zero-order valence-corrected chi connectivity index (χ0v) is 12.4. The molecule has 0 fully saturated rings. The van der Waals surface area contributed by atoms with Crippen molar-refractivity contribution in [3.05, 3.63) is 0 Å². The number of hydrogen-bond donors (Lipinski definition) is 2. The van der Waals surface area contributed by atoms with E-state index in [9.17, 15) is 4.79 Å². The van der Waals surface area contributed by atoms with Gasteiger partial charge in [-0.2, -0.15) is 0 Å². The van der Waals surface area contributed by atoms with Crippen LogP contribution in [0.4, 0.5) is 0 Å². The summed E-state index contributed by atoms with van der Waals surface area (Å²) in [7, 11) is 1.64. The molecule has 110 valence electrons. The Morgan fingerprint density at radius 3 is 2.56 bits per heavy atom. The van der Waals surface area contributed by atoms with Crippen molar-refractivity contribution in [1.82, 2.24) is 5.32 Å². The Hall–Kier alpha value is -0.360. The maximum absolute atomic E-state index is 11.6. The summed E-state index contributed by atoms with van der Waals surface area (Å²) in [6.45, 7) is 6.44. The molecule has 0 saturated heterocycles. The van der Waals surface area contributed by atoms with Crippen molar-refractivity contribution in [2.24, 2.45) is 11.7 Å². The zero-order valence-electron chi connectivity index (χ0n) is 11.6. The molecule has 5 nitrogen and oxygen atoms in total. The molecule has 0 aliphatic carbocycles. The Kier molecular flexibility index (Phi) is 14.5. The van der Waals surface area contributed by atoms with E-state index in [1.807, 2.05) is 13.8 Å². The van der Waals surface area contributed by atoms with E-state index >= 15 is 0 Å². The van der Waals surface area contributed by atoms with Crippen LogP contribution in [0.25, 0.3) is 0 Å². The van der Waals surface area contributed by atoms with Gasteiger partial charge in [-0.1, -0.05) is 20.3 Å². The Labute approximate surface area is 116 Å². The van der Waals surface area contributed by atoms with Crippen LogP contribution in [0.1, 0.15) is 26.7 Å². The van der Waals surface area contributed by atoms with E-state index in [1.165, 1.54) is 0 Å². The van der Waals surface area contributed by atoms with E-state index < -0.39 is 6.04 Å². The quantitative estimate of drug-likeness (QED) is 0.585. The molecule has 2 atom stereocenters. The van der Waals surface area contributed by atoms with E-state index in [-0.39, 0.29) is 24.2 Å². The summed E-state index contributed by atoms with van der Waals surface area (Å²) in [6, 6.07) is -0.408. The van der Waals surface area contributed by atoms with E-state index in [2.05, 4.69) is 5.32 Å². The van der Waals surface area contributed by atoms with E-state index in [4.69, 9.17) is 15.2 Å². The molecule has 0 heterocycles. The molecule has 0 aliphatic heterocycles. The lowest BCUT2D eigenvalue weighted by Crippen LogP contribution is -2.45. The molecule has 0 aliphatic rings. The molecule has 0 rings (SSSR count). The molecule has 2 unspecified atom stereocenters. The third-order valence-electron chi connectivity index (χ3n) is 2.76. The number of halogens is 1. The van der Waals surface area contributed by atoms with Crippen LogP contribution in [0.3, 0.4) is 0 Å². The molecular weight excluding hydrogens is 256 g/mol. The molecular formula is C12H27ClN2O3. The molecule has 0 radical (unpaired) electrons. The predicted molar refractivity (Wildman–Crippen MR) is 75.0 cm³/mol. The molecule has 0 saturated carbocycles. The fraction of sp³-hybridized carbons (Fsp3) is 0.917. The summed E-state index contributed by atoms with van der Waals surface area (Å²) in [5, 5.41) is 2.81. The molecule has 18 heavy (non-hydrogen) atoms. The number of methoxy groups -OCH3 is 1. The van der Waals surface area contributed by atoms with Crippen LogP contribution in [0.15, 0.2) is 0 Å². The minimum atomic E-state index is -0.408. The number of nitrogens with one attached hydrogen (secondary N) is 1. The Bertz CT molecular complexity index is 206. The highest BCUT2D eigenvalue weighted by atomic mass is 35.5. The van der Waals surface area contributed by atoms with Crippen LogP contribution in [0, 0.1) is 5.92 Å². The van der Waals surface area contributed by atoms with Crippen molar-refractivity contribution in [1.29, 1.82) is 0 Å². The Morgan fingerprint density at radius 1 is 1.33 bits per heavy atom. The summed E-state index contributed by atoms with van der Waals surface area (Å²) in [5.74, 6) is 0.143. The summed E-state index contributed by atoms with van der Waals surface area (Å²) in [4.78, 5) is 11.6. The summed E-state index contributed by atoms with van der Waals surface area (Å²) in [6.07, 6.45) is 1.71. The molecule has 0 aromatic rings. The van der Waals surface area contributed by atoms with Crippen molar-refractivity contribution in [3.8, 4) is 0 Å². The van der Waals surface area contributed by atoms with Gasteiger partial charge in [0.15, 0.2) is 0 Å². The van der Waals surface area contributed by atoms with Gasteiger partial charge in [-0.05, 0) is 12.3 Å². The summed E-state index contributed by atoms with van der Waals surface area (Å²) in [5.41, 5.74) is 5.79. The van der Waals surface area contributed by atoms with Gasteiger partial charge in [0.25, 0.3) is 0 Å². The first-order valence-corrected chi connectivity index (χ1v) is 6.23. The van der Waals surface area contributed by atoms with Crippen LogP contribution >= 0.6 is 12.4 Å². The second-order valence-corrected chi connectivity index (χ2v) is 4.16. The third-order valence-corrected chi connectivity index (χ3v) is 2.76. The second-order valence-electron chi connectivity index (χ2n) is 4.16. The summed E-state index contributed by atoms with van der Waals surface area (Å²) >= 11 is 0. The first-order chi connectivity index (χ1) is 8.13. The maximum Gasteiger partial charge on any atom is 0.237 e. The molecule has 0 aromatic carbocycles. The lowest BCUT2D eigenvalue weighted by Gasteiger charge is -2.17. The minimum Gasteiger partial charge on any atom is -0.382 e. The molecule has 0 bridgehead atoms. The van der Waals surface area contributed by atoms with Crippen LogP contribution < -0.4 is 11.1 Å². The number of hydrogen-bond acceptors (Lipinski definition) is 4. The smallest absolute Gasteiger partial charge is 0.237 e. The van der Waals surface area contributed by atoms with E-state index in [0.29, 0.717) is 26.4 Å². The van der Waals surface area contributed by atoms with Gasteiger partial charge >= 0.3 is 0 Å². The second kappa shape index (κ2) is 13.1. The average Bonchev–Trinajstić information content (AvgIpc) is 2.35. The van der Waals surface area contributed by atoms with Crippen LogP contribution in [0.2, 0.25) is 0 Å². The van der Waals surface area contributed by atoms with Gasteiger partial charge in [0.05, 0.1) is 19.3 Å². The number of rotatable bonds is 10. The van der Waals surface area contributed by atoms with Gasteiger partial charge in [0.2, 0.25) is 5.91 Å². The number of carbonyl (C=O) groups is 1. The number of carbonyl (C=O) groups excluding carboxylic acids is 1. The Balaban J connectivity index is 0. The summed E-state index contributed by atoms with van der Waals surface area (Å²) < 4.78 is 10.1. The van der Waals surface area contributed by atoms with Gasteiger partial charge in [-0.25, -0.2) is 0 Å². The molecule has 0 spiro atoms. The van der Waals surface area contributed by atoms with Crippen LogP contribution in [0.5, 0.6) is 0 Å². The Morgan fingerprint density at radius 2 is 2.00 bits per heavy atom. The van der Waals surface area contributed by atoms with Crippen LogP contribution in [-0.4, -0.2) is 45.4 Å². The zero-order chi connectivity index (χ0) is 13.1. The lowest BCUT2D eigenvalue weighted by atomic mass is 9.99. The van der Waals surface area contributed by atoms with Gasteiger partial charge in [-0.3, -0.25) is 4.79 Å². The number of ether oxygens (including phenoxy) is 2. The monoisotopic (exact) mass is 282 g/mol. The maximum atomic E-state index is 11.6. The number of amides is 1. The fourth-order valence-corrected chi connectivity index (χ4v) is 1.26. The number of nitrogens with two attached hydrogens (primary N) is 1. The molecule has 0 aromatic heterocycles. The molecule has 1 amide bonds. The first-order valence-electron chi connectivity index (χ1n) is 6.23. The third kappa shape index (κ3) is 9.65. The van der Waals surface area contributed by atoms with Gasteiger partial charge in [0, 0.05) is 20.3 Å². The normalized spacial score (nSPS) is 13.6. The van der Waals surface area contributed by atoms with E-state index in [1.54, 1.807) is 7.11 Å². The van der Waals surface area contributed by atoms with Crippen molar-refractivity contribution < 1.29 is 14.3 Å². The van der Waals surface area contributed by atoms with Crippen molar-refractivity contribution in [2.75, 3.05) is 33.5 Å². The fourth-order valence-electron chi connectivity index (χ4n) is 1.26. The van der Waals surface area contributed by atoms with Gasteiger partial charge in [-0.15, -0.1) is 12.4 Å². The average molecular weight is 283 g/mol. The van der Waals surface area contributed by atoms with Crippen molar-refractivity contribution >= 4 is 18.3 Å². The predicted octanol–water partition coefficient (Wildman–Crippen LogP) is 0.951. The van der Waals surface area contributed by atoms with Crippen LogP contribution in [-0.2, 0) is 14.3 Å². The highest BCUT2D eigenvalue weighted by Gasteiger charge is 2.18. The SMILES string of the molecule is CCC(C)C(N)C(=O)NCCCOCCOC.Cl. The standard InChI is InChI=1S/C12H26N2O3.ClH/c1-4-10(2)11(13)12(15)14-6-5-7-17-9-8-16-3;/h10-11H,4-9,13H2,1-3H3,(H,14,15);1H. The highest BCUT2D eigenvalue weighted by molar-refractivity contribution is 5.85. The lowest BCUT2D eigenvalue weighted by molar-refractivity contribution is -0.123. The topological polar surface area (TPSA) is 73.6 Å². The van der Waals surface area contributed by atoms with Crippen molar-refractivity contribution in [2.45, 2.75) is 32.7 Å². The van der Waals surface area contributed by atoms with Gasteiger partial charge < -0.3 is 20.5 Å². The molecule has 3 N–H and O–H groups in total. The first kappa shape index (κ1) is 20.0. The van der Waals surface area contributed by atoms with Crippen molar-refractivity contribution in [3.63, 3.8) is 0 Å². The van der Waals surface area contributed by atoms with Gasteiger partial charge in [0.1, 0.15) is 0 Å². The molecule has 6 heteroatoms.